The van der Waals surface area contributed by atoms with Gasteiger partial charge in [0.05, 0.1) is 4.90 Å². The zero-order chi connectivity index (χ0) is 18.3. The van der Waals surface area contributed by atoms with Crippen molar-refractivity contribution in [3.63, 3.8) is 0 Å². The van der Waals surface area contributed by atoms with Gasteiger partial charge in [-0.15, -0.1) is 0 Å². The van der Waals surface area contributed by atoms with Crippen molar-refractivity contribution in [2.75, 3.05) is 18.6 Å². The summed E-state index contributed by atoms with van der Waals surface area (Å²) < 4.78 is 27.7. The van der Waals surface area contributed by atoms with E-state index in [1.807, 2.05) is 13.2 Å². The number of thioether (sulfide) groups is 1. The van der Waals surface area contributed by atoms with Gasteiger partial charge < -0.3 is 10.6 Å². The molecule has 0 spiro atoms. The van der Waals surface area contributed by atoms with E-state index in [1.54, 1.807) is 30.0 Å². The van der Waals surface area contributed by atoms with Crippen LogP contribution >= 0.6 is 11.8 Å². The fraction of sp³-hybridized carbons (Fsp3) is 0.588. The van der Waals surface area contributed by atoms with Gasteiger partial charge in [0, 0.05) is 12.1 Å². The average molecular weight is 386 g/mol. The number of rotatable bonds is 8. The summed E-state index contributed by atoms with van der Waals surface area (Å²) in [7, 11) is -3.72. The normalized spacial score (nSPS) is 22.3. The molecule has 1 fully saturated rings. The van der Waals surface area contributed by atoms with Crippen LogP contribution in [0.25, 0.3) is 0 Å². The van der Waals surface area contributed by atoms with E-state index in [-0.39, 0.29) is 22.9 Å². The van der Waals surface area contributed by atoms with Crippen LogP contribution < -0.4 is 15.4 Å². The van der Waals surface area contributed by atoms with Crippen molar-refractivity contribution in [3.8, 4) is 0 Å². The third-order valence-electron chi connectivity index (χ3n) is 4.37. The number of hydrogen-bond donors (Lipinski definition) is 3. The van der Waals surface area contributed by atoms with E-state index in [4.69, 9.17) is 0 Å². The Bertz CT molecular complexity index is 652. The van der Waals surface area contributed by atoms with Crippen LogP contribution in [0, 0.1) is 0 Å². The monoisotopic (exact) mass is 385 g/mol. The molecular formula is C17H27N3O3S2. The highest BCUT2D eigenvalue weighted by Crippen LogP contribution is 2.12. The second-order valence-corrected chi connectivity index (χ2v) is 8.97. The first-order chi connectivity index (χ1) is 11.9. The Morgan fingerprint density at radius 2 is 2.08 bits per heavy atom. The summed E-state index contributed by atoms with van der Waals surface area (Å²) in [6.45, 7) is 2.99. The fourth-order valence-corrected chi connectivity index (χ4v) is 4.58. The molecule has 1 aromatic rings. The quantitative estimate of drug-likeness (QED) is 0.629. The minimum Gasteiger partial charge on any atom is -0.350 e. The van der Waals surface area contributed by atoms with E-state index in [0.717, 1.165) is 19.4 Å². The summed E-state index contributed by atoms with van der Waals surface area (Å²) in [4.78, 5) is 12.9. The van der Waals surface area contributed by atoms with Crippen LogP contribution in [-0.2, 0) is 14.8 Å². The molecule has 0 aliphatic carbocycles. The third-order valence-corrected chi connectivity index (χ3v) is 6.50. The third kappa shape index (κ3) is 5.99. The molecule has 1 aliphatic rings. The first kappa shape index (κ1) is 20.2. The minimum absolute atomic E-state index is 0.0271. The summed E-state index contributed by atoms with van der Waals surface area (Å²) in [5.41, 5.74) is 0. The molecule has 2 rings (SSSR count). The lowest BCUT2D eigenvalue weighted by atomic mass is 9.99. The van der Waals surface area contributed by atoms with Crippen LogP contribution in [0.1, 0.15) is 26.2 Å². The Morgan fingerprint density at radius 1 is 1.36 bits per heavy atom. The Kier molecular flexibility index (Phi) is 7.74. The number of piperidine rings is 1. The maximum absolute atomic E-state index is 12.7. The van der Waals surface area contributed by atoms with Crippen LogP contribution in [0.15, 0.2) is 35.2 Å². The molecule has 0 saturated carbocycles. The number of sulfonamides is 1. The van der Waals surface area contributed by atoms with Crippen molar-refractivity contribution in [1.82, 2.24) is 15.4 Å². The SMILES string of the molecule is CSCCC(NS(=O)(=O)c1ccccc1)C(=O)NC1CCCNC1C. The molecule has 1 heterocycles. The van der Waals surface area contributed by atoms with Gasteiger partial charge >= 0.3 is 0 Å². The first-order valence-electron chi connectivity index (χ1n) is 8.54. The van der Waals surface area contributed by atoms with Crippen molar-refractivity contribution in [3.05, 3.63) is 30.3 Å². The summed E-state index contributed by atoms with van der Waals surface area (Å²) in [6, 6.07) is 7.59. The topological polar surface area (TPSA) is 87.3 Å². The maximum Gasteiger partial charge on any atom is 0.241 e. The van der Waals surface area contributed by atoms with Crippen molar-refractivity contribution < 1.29 is 13.2 Å². The molecular weight excluding hydrogens is 358 g/mol. The lowest BCUT2D eigenvalue weighted by Gasteiger charge is -2.32. The number of hydrogen-bond acceptors (Lipinski definition) is 5. The molecule has 6 nitrogen and oxygen atoms in total. The summed E-state index contributed by atoms with van der Waals surface area (Å²) in [6.07, 6.45) is 4.29. The fourth-order valence-electron chi connectivity index (χ4n) is 2.86. The van der Waals surface area contributed by atoms with Gasteiger partial charge in [-0.25, -0.2) is 8.42 Å². The number of nitrogens with one attached hydrogen (secondary N) is 3. The van der Waals surface area contributed by atoms with E-state index in [1.165, 1.54) is 12.1 Å². The molecule has 3 atom stereocenters. The minimum atomic E-state index is -3.72. The van der Waals surface area contributed by atoms with E-state index < -0.39 is 16.1 Å². The smallest absolute Gasteiger partial charge is 0.241 e. The summed E-state index contributed by atoms with van der Waals surface area (Å²) >= 11 is 1.59. The number of benzene rings is 1. The average Bonchev–Trinajstić information content (AvgIpc) is 2.61. The van der Waals surface area contributed by atoms with Crippen LogP contribution in [0.2, 0.25) is 0 Å². The Morgan fingerprint density at radius 3 is 2.72 bits per heavy atom. The molecule has 0 aromatic heterocycles. The predicted octanol–water partition coefficient (Wildman–Crippen LogP) is 1.34. The zero-order valence-corrected chi connectivity index (χ0v) is 16.3. The van der Waals surface area contributed by atoms with Crippen LogP contribution in [0.5, 0.6) is 0 Å². The number of carbonyl (C=O) groups excluding carboxylic acids is 1. The molecule has 1 saturated heterocycles. The predicted molar refractivity (Wildman–Crippen MR) is 102 cm³/mol. The van der Waals surface area contributed by atoms with E-state index in [9.17, 15) is 13.2 Å². The highest BCUT2D eigenvalue weighted by Gasteiger charge is 2.29. The summed E-state index contributed by atoms with van der Waals surface area (Å²) in [5.74, 6) is 0.447. The van der Waals surface area contributed by atoms with E-state index >= 15 is 0 Å². The molecule has 3 N–H and O–H groups in total. The van der Waals surface area contributed by atoms with Crippen LogP contribution in [-0.4, -0.2) is 51.0 Å². The summed E-state index contributed by atoms with van der Waals surface area (Å²) in [5, 5.41) is 6.35. The second-order valence-electron chi connectivity index (χ2n) is 6.27. The van der Waals surface area contributed by atoms with E-state index in [2.05, 4.69) is 15.4 Å². The van der Waals surface area contributed by atoms with Crippen molar-refractivity contribution in [2.24, 2.45) is 0 Å². The van der Waals surface area contributed by atoms with Gasteiger partial charge in [0.1, 0.15) is 6.04 Å². The molecule has 3 unspecified atom stereocenters. The molecule has 1 aliphatic heterocycles. The zero-order valence-electron chi connectivity index (χ0n) is 14.7. The largest absolute Gasteiger partial charge is 0.350 e. The molecule has 1 aromatic carbocycles. The van der Waals surface area contributed by atoms with Crippen molar-refractivity contribution in [1.29, 1.82) is 0 Å². The van der Waals surface area contributed by atoms with Crippen molar-refractivity contribution >= 4 is 27.7 Å². The highest BCUT2D eigenvalue weighted by molar-refractivity contribution is 7.98. The van der Waals surface area contributed by atoms with Gasteiger partial charge in [0.15, 0.2) is 0 Å². The molecule has 25 heavy (non-hydrogen) atoms. The molecule has 0 bridgehead atoms. The second kappa shape index (κ2) is 9.56. The molecule has 140 valence electrons. The standard InChI is InChI=1S/C17H27N3O3S2/c1-13-15(9-6-11-18-13)19-17(21)16(10-12-24-2)20-25(22,23)14-7-4-3-5-8-14/h3-5,7-8,13,15-16,18,20H,6,9-12H2,1-2H3,(H,19,21). The van der Waals surface area contributed by atoms with Gasteiger partial charge in [-0.05, 0) is 56.9 Å². The first-order valence-corrected chi connectivity index (χ1v) is 11.4. The Balaban J connectivity index is 2.08. The van der Waals surface area contributed by atoms with Crippen LogP contribution in [0.4, 0.5) is 0 Å². The van der Waals surface area contributed by atoms with Crippen LogP contribution in [0.3, 0.4) is 0 Å². The van der Waals surface area contributed by atoms with Gasteiger partial charge in [-0.1, -0.05) is 18.2 Å². The Hall–Kier alpha value is -1.09. The lowest BCUT2D eigenvalue weighted by Crippen LogP contribution is -2.56. The van der Waals surface area contributed by atoms with Gasteiger partial charge in [0.2, 0.25) is 15.9 Å². The van der Waals surface area contributed by atoms with Crippen molar-refractivity contribution in [2.45, 2.75) is 49.2 Å². The van der Waals surface area contributed by atoms with E-state index in [0.29, 0.717) is 12.2 Å². The Labute approximate surface area is 154 Å². The van der Waals surface area contributed by atoms with Gasteiger partial charge in [-0.2, -0.15) is 16.5 Å². The number of carbonyl (C=O) groups is 1. The molecule has 0 radical (unpaired) electrons. The molecule has 1 amide bonds. The van der Waals surface area contributed by atoms with Gasteiger partial charge in [-0.3, -0.25) is 4.79 Å². The number of amides is 1. The molecule has 8 heteroatoms. The highest BCUT2D eigenvalue weighted by atomic mass is 32.2. The maximum atomic E-state index is 12.7. The van der Waals surface area contributed by atoms with Gasteiger partial charge in [0.25, 0.3) is 0 Å². The lowest BCUT2D eigenvalue weighted by molar-refractivity contribution is -0.123.